The molecule has 2 aromatic rings. The summed E-state index contributed by atoms with van der Waals surface area (Å²) in [5.41, 5.74) is 4.28. The molecule has 2 aromatic carbocycles. The molecule has 1 aliphatic rings. The van der Waals surface area contributed by atoms with Crippen molar-refractivity contribution in [3.8, 4) is 5.75 Å². The monoisotopic (exact) mass is 308 g/mol. The third-order valence-corrected chi connectivity index (χ3v) is 5.35. The van der Waals surface area contributed by atoms with E-state index in [9.17, 15) is 5.11 Å². The lowest BCUT2D eigenvalue weighted by molar-refractivity contribution is 0.443. The zero-order valence-corrected chi connectivity index (χ0v) is 14.4. The van der Waals surface area contributed by atoms with Crippen LogP contribution in [-0.2, 0) is 11.8 Å². The Kier molecular flexibility index (Phi) is 4.75. The van der Waals surface area contributed by atoms with Crippen molar-refractivity contribution in [3.05, 3.63) is 65.2 Å². The molecule has 0 atom stereocenters. The van der Waals surface area contributed by atoms with Crippen LogP contribution in [0.1, 0.15) is 68.6 Å². The van der Waals surface area contributed by atoms with Gasteiger partial charge in [-0.3, -0.25) is 0 Å². The van der Waals surface area contributed by atoms with Gasteiger partial charge in [0.2, 0.25) is 0 Å². The first-order chi connectivity index (χ1) is 11.0. The van der Waals surface area contributed by atoms with E-state index in [-0.39, 0.29) is 5.41 Å². The van der Waals surface area contributed by atoms with E-state index in [1.54, 1.807) is 12.1 Å². The predicted octanol–water partition coefficient (Wildman–Crippen LogP) is 5.96. The Morgan fingerprint density at radius 1 is 0.870 bits per heavy atom. The van der Waals surface area contributed by atoms with Crippen molar-refractivity contribution in [2.75, 3.05) is 0 Å². The van der Waals surface area contributed by atoms with Crippen LogP contribution in [0.5, 0.6) is 5.75 Å². The van der Waals surface area contributed by atoms with Crippen LogP contribution in [0.4, 0.5) is 0 Å². The first kappa shape index (κ1) is 16.1. The molecule has 1 nitrogen and oxygen atoms in total. The van der Waals surface area contributed by atoms with E-state index in [0.29, 0.717) is 5.75 Å². The SMILES string of the molecule is CC(C)(Cc1ccc(O)cc1)c1ccc(C2CCCCC2)cc1. The highest BCUT2D eigenvalue weighted by Crippen LogP contribution is 2.34. The largest absolute Gasteiger partial charge is 0.508 e. The molecule has 1 fully saturated rings. The molecule has 1 saturated carbocycles. The van der Waals surface area contributed by atoms with E-state index in [2.05, 4.69) is 38.1 Å². The normalized spacial score (nSPS) is 16.4. The van der Waals surface area contributed by atoms with Gasteiger partial charge >= 0.3 is 0 Å². The maximum atomic E-state index is 9.43. The highest BCUT2D eigenvalue weighted by molar-refractivity contribution is 5.33. The second-order valence-corrected chi connectivity index (χ2v) is 7.68. The molecule has 0 bridgehead atoms. The van der Waals surface area contributed by atoms with Crippen LogP contribution in [0, 0.1) is 0 Å². The minimum atomic E-state index is 0.0993. The van der Waals surface area contributed by atoms with Crippen molar-refractivity contribution in [2.24, 2.45) is 0 Å². The molecule has 0 unspecified atom stereocenters. The summed E-state index contributed by atoms with van der Waals surface area (Å²) in [7, 11) is 0. The molecule has 1 aliphatic carbocycles. The van der Waals surface area contributed by atoms with Crippen molar-refractivity contribution in [2.45, 2.75) is 63.7 Å². The van der Waals surface area contributed by atoms with Crippen LogP contribution in [0.15, 0.2) is 48.5 Å². The van der Waals surface area contributed by atoms with E-state index in [0.717, 1.165) is 12.3 Å². The zero-order valence-electron chi connectivity index (χ0n) is 14.4. The average Bonchev–Trinajstić information content (AvgIpc) is 2.58. The number of aromatic hydroxyl groups is 1. The molecule has 0 spiro atoms. The Labute approximate surface area is 140 Å². The Hall–Kier alpha value is -1.76. The molecule has 1 heteroatoms. The summed E-state index contributed by atoms with van der Waals surface area (Å²) in [4.78, 5) is 0. The number of phenols is 1. The Morgan fingerprint density at radius 2 is 1.48 bits per heavy atom. The fourth-order valence-corrected chi connectivity index (χ4v) is 3.87. The molecule has 0 amide bonds. The van der Waals surface area contributed by atoms with Crippen molar-refractivity contribution < 1.29 is 5.11 Å². The fourth-order valence-electron chi connectivity index (χ4n) is 3.87. The summed E-state index contributed by atoms with van der Waals surface area (Å²) in [5.74, 6) is 1.11. The van der Waals surface area contributed by atoms with Gasteiger partial charge in [-0.15, -0.1) is 0 Å². The van der Waals surface area contributed by atoms with Gasteiger partial charge in [0.15, 0.2) is 0 Å². The van der Waals surface area contributed by atoms with Crippen LogP contribution in [0.2, 0.25) is 0 Å². The highest BCUT2D eigenvalue weighted by Gasteiger charge is 2.22. The van der Waals surface area contributed by atoms with Gasteiger partial charge in [0.25, 0.3) is 0 Å². The third-order valence-electron chi connectivity index (χ3n) is 5.35. The Bertz CT molecular complexity index is 616. The molecule has 0 heterocycles. The molecule has 122 valence electrons. The van der Waals surface area contributed by atoms with Crippen molar-refractivity contribution >= 4 is 0 Å². The van der Waals surface area contributed by atoms with E-state index >= 15 is 0 Å². The van der Waals surface area contributed by atoms with E-state index in [4.69, 9.17) is 0 Å². The maximum absolute atomic E-state index is 9.43. The standard InChI is InChI=1S/C22H28O/c1-22(2,16-17-8-14-21(23)15-9-17)20-12-10-19(11-13-20)18-6-4-3-5-7-18/h8-15,18,23H,3-7,16H2,1-2H3. The Balaban J connectivity index is 1.72. The van der Waals surface area contributed by atoms with Crippen molar-refractivity contribution in [3.63, 3.8) is 0 Å². The molecule has 3 rings (SSSR count). The van der Waals surface area contributed by atoms with Gasteiger partial charge < -0.3 is 5.11 Å². The summed E-state index contributed by atoms with van der Waals surface area (Å²) in [6.45, 7) is 4.60. The average molecular weight is 308 g/mol. The van der Waals surface area contributed by atoms with E-state index in [1.165, 1.54) is 48.8 Å². The van der Waals surface area contributed by atoms with Gasteiger partial charge in [-0.05, 0) is 59.4 Å². The molecule has 0 saturated heterocycles. The molecule has 0 aromatic heterocycles. The van der Waals surface area contributed by atoms with Crippen molar-refractivity contribution in [1.29, 1.82) is 0 Å². The first-order valence-corrected chi connectivity index (χ1v) is 8.93. The summed E-state index contributed by atoms with van der Waals surface area (Å²) in [6, 6.07) is 16.9. The number of benzene rings is 2. The lowest BCUT2D eigenvalue weighted by Gasteiger charge is -2.27. The van der Waals surface area contributed by atoms with Crippen molar-refractivity contribution in [1.82, 2.24) is 0 Å². The second kappa shape index (κ2) is 6.78. The molecular formula is C22H28O. The molecule has 23 heavy (non-hydrogen) atoms. The van der Waals surface area contributed by atoms with Gasteiger partial charge in [0, 0.05) is 0 Å². The fraction of sp³-hybridized carbons (Fsp3) is 0.455. The minimum Gasteiger partial charge on any atom is -0.508 e. The summed E-state index contributed by atoms with van der Waals surface area (Å²) in [6.07, 6.45) is 7.88. The third kappa shape index (κ3) is 3.96. The lowest BCUT2D eigenvalue weighted by atomic mass is 9.77. The quantitative estimate of drug-likeness (QED) is 0.738. The number of hydrogen-bond acceptors (Lipinski definition) is 1. The van der Waals surface area contributed by atoms with Crippen LogP contribution in [0.3, 0.4) is 0 Å². The lowest BCUT2D eigenvalue weighted by Crippen LogP contribution is -2.20. The number of hydrogen-bond donors (Lipinski definition) is 1. The highest BCUT2D eigenvalue weighted by atomic mass is 16.3. The number of rotatable bonds is 4. The topological polar surface area (TPSA) is 20.2 Å². The van der Waals surface area contributed by atoms with Gasteiger partial charge in [-0.25, -0.2) is 0 Å². The molecule has 1 N–H and O–H groups in total. The van der Waals surface area contributed by atoms with E-state index in [1.807, 2.05) is 12.1 Å². The smallest absolute Gasteiger partial charge is 0.115 e. The summed E-state index contributed by atoms with van der Waals surface area (Å²) in [5, 5.41) is 9.43. The predicted molar refractivity (Wildman–Crippen MR) is 97.1 cm³/mol. The van der Waals surface area contributed by atoms with Crippen LogP contribution < -0.4 is 0 Å². The molecule has 0 radical (unpaired) electrons. The number of phenolic OH excluding ortho intramolecular Hbond substituents is 1. The Morgan fingerprint density at radius 3 is 2.09 bits per heavy atom. The summed E-state index contributed by atoms with van der Waals surface area (Å²) >= 11 is 0. The van der Waals surface area contributed by atoms with Crippen LogP contribution >= 0.6 is 0 Å². The van der Waals surface area contributed by atoms with Gasteiger partial charge in [-0.1, -0.05) is 69.5 Å². The minimum absolute atomic E-state index is 0.0993. The van der Waals surface area contributed by atoms with Crippen LogP contribution in [0.25, 0.3) is 0 Å². The molecular weight excluding hydrogens is 280 g/mol. The zero-order chi connectivity index (χ0) is 16.3. The maximum Gasteiger partial charge on any atom is 0.115 e. The van der Waals surface area contributed by atoms with E-state index < -0.39 is 0 Å². The van der Waals surface area contributed by atoms with Gasteiger partial charge in [0.05, 0.1) is 0 Å². The molecule has 0 aliphatic heterocycles. The van der Waals surface area contributed by atoms with Gasteiger partial charge in [-0.2, -0.15) is 0 Å². The first-order valence-electron chi connectivity index (χ1n) is 8.93. The summed E-state index contributed by atoms with van der Waals surface area (Å²) < 4.78 is 0. The second-order valence-electron chi connectivity index (χ2n) is 7.68. The van der Waals surface area contributed by atoms with Gasteiger partial charge in [0.1, 0.15) is 5.75 Å². The van der Waals surface area contributed by atoms with Crippen LogP contribution in [-0.4, -0.2) is 5.11 Å².